The maximum Gasteiger partial charge on any atom is 0.224 e. The van der Waals surface area contributed by atoms with E-state index in [1.165, 1.54) is 29.7 Å². The van der Waals surface area contributed by atoms with E-state index in [0.29, 0.717) is 12.3 Å². The van der Waals surface area contributed by atoms with Gasteiger partial charge in [0.15, 0.2) is 0 Å². The molecule has 3 rings (SSSR count). The van der Waals surface area contributed by atoms with Crippen molar-refractivity contribution in [2.75, 3.05) is 0 Å². The molecule has 4 nitrogen and oxygen atoms in total. The number of aliphatic hydroxyl groups excluding tert-OH is 1. The molecule has 0 radical (unpaired) electrons. The molecular weight excluding hydrogens is 329 g/mol. The lowest BCUT2D eigenvalue weighted by atomic mass is 10.1. The number of hydrogen-bond acceptors (Lipinski definition) is 4. The first kappa shape index (κ1) is 16.4. The van der Waals surface area contributed by atoms with Crippen molar-refractivity contribution in [1.82, 2.24) is 5.32 Å². The van der Waals surface area contributed by atoms with Crippen LogP contribution in [-0.2, 0) is 17.8 Å². The number of nitrogens with one attached hydrogen (secondary N) is 1. The zero-order valence-corrected chi connectivity index (χ0v) is 13.6. The van der Waals surface area contributed by atoms with Crippen molar-refractivity contribution in [2.45, 2.75) is 19.1 Å². The predicted molar refractivity (Wildman–Crippen MR) is 89.0 cm³/mol. The fourth-order valence-electron chi connectivity index (χ4n) is 2.26. The van der Waals surface area contributed by atoms with E-state index in [1.807, 2.05) is 12.1 Å². The van der Waals surface area contributed by atoms with E-state index in [-0.39, 0.29) is 18.1 Å². The molecule has 0 aliphatic carbocycles. The van der Waals surface area contributed by atoms with Crippen molar-refractivity contribution in [3.63, 3.8) is 0 Å². The zero-order chi connectivity index (χ0) is 16.9. The molecular formula is C18H16FNO3S. The van der Waals surface area contributed by atoms with Crippen LogP contribution in [-0.4, -0.2) is 11.0 Å². The van der Waals surface area contributed by atoms with Crippen molar-refractivity contribution in [2.24, 2.45) is 0 Å². The Bertz CT molecular complexity index is 796. The average Bonchev–Trinajstić information content (AvgIpc) is 3.26. The van der Waals surface area contributed by atoms with Gasteiger partial charge in [-0.3, -0.25) is 4.79 Å². The van der Waals surface area contributed by atoms with Gasteiger partial charge in [-0.15, -0.1) is 11.3 Å². The Labute approximate surface area is 142 Å². The second-order valence-corrected chi connectivity index (χ2v) is 6.50. The van der Waals surface area contributed by atoms with Crippen LogP contribution < -0.4 is 5.32 Å². The Hall–Kier alpha value is -2.44. The number of hydrogen-bond donors (Lipinski definition) is 2. The number of thiophene rings is 1. The van der Waals surface area contributed by atoms with E-state index < -0.39 is 6.10 Å². The molecule has 0 aliphatic heterocycles. The Kier molecular flexibility index (Phi) is 5.08. The molecule has 6 heteroatoms. The molecule has 1 aromatic carbocycles. The fraction of sp³-hybridized carbons (Fsp3) is 0.167. The number of benzene rings is 1. The van der Waals surface area contributed by atoms with Crippen LogP contribution in [0.5, 0.6) is 0 Å². The number of furan rings is 1. The number of carbonyl (C=O) groups is 1. The van der Waals surface area contributed by atoms with Crippen LogP contribution in [0, 0.1) is 5.82 Å². The molecule has 3 aromatic rings. The van der Waals surface area contributed by atoms with Crippen LogP contribution in [0.15, 0.2) is 59.2 Å². The Balaban J connectivity index is 1.53. The van der Waals surface area contributed by atoms with E-state index in [1.54, 1.807) is 24.3 Å². The normalized spacial score (nSPS) is 12.1. The van der Waals surface area contributed by atoms with Gasteiger partial charge in [-0.05, 0) is 42.0 Å². The quantitative estimate of drug-likeness (QED) is 0.719. The first-order chi connectivity index (χ1) is 11.6. The van der Waals surface area contributed by atoms with Crippen LogP contribution in [0.4, 0.5) is 4.39 Å². The lowest BCUT2D eigenvalue weighted by Crippen LogP contribution is -2.24. The summed E-state index contributed by atoms with van der Waals surface area (Å²) >= 11 is 1.42. The number of amides is 1. The topological polar surface area (TPSA) is 62.5 Å². The summed E-state index contributed by atoms with van der Waals surface area (Å²) in [6.07, 6.45) is 0.921. The van der Waals surface area contributed by atoms with Crippen LogP contribution in [0.1, 0.15) is 27.2 Å². The van der Waals surface area contributed by atoms with Gasteiger partial charge in [-0.25, -0.2) is 4.39 Å². The van der Waals surface area contributed by atoms with E-state index in [0.717, 1.165) is 15.3 Å². The maximum absolute atomic E-state index is 12.8. The summed E-state index contributed by atoms with van der Waals surface area (Å²) < 4.78 is 18.0. The Morgan fingerprint density at radius 3 is 2.71 bits per heavy atom. The number of halogens is 1. The van der Waals surface area contributed by atoms with E-state index in [2.05, 4.69) is 5.32 Å². The van der Waals surface area contributed by atoms with Gasteiger partial charge in [-0.2, -0.15) is 0 Å². The van der Waals surface area contributed by atoms with Crippen molar-refractivity contribution in [3.8, 4) is 0 Å². The molecule has 0 saturated carbocycles. The highest BCUT2D eigenvalue weighted by Crippen LogP contribution is 2.28. The summed E-state index contributed by atoms with van der Waals surface area (Å²) in [6.45, 7) is 0.384. The first-order valence-corrected chi connectivity index (χ1v) is 8.24. The minimum Gasteiger partial charge on any atom is -0.466 e. The van der Waals surface area contributed by atoms with Crippen LogP contribution in [0.3, 0.4) is 0 Å². The van der Waals surface area contributed by atoms with Crippen LogP contribution in [0.2, 0.25) is 0 Å². The van der Waals surface area contributed by atoms with Gasteiger partial charge < -0.3 is 14.8 Å². The number of carbonyl (C=O) groups excluding carboxylic acids is 1. The van der Waals surface area contributed by atoms with Gasteiger partial charge in [0, 0.05) is 9.75 Å². The first-order valence-electron chi connectivity index (χ1n) is 7.43. The Morgan fingerprint density at radius 2 is 2.00 bits per heavy atom. The summed E-state index contributed by atoms with van der Waals surface area (Å²) in [5.74, 6) is 0.0345. The van der Waals surface area contributed by atoms with Gasteiger partial charge >= 0.3 is 0 Å². The van der Waals surface area contributed by atoms with Crippen LogP contribution in [0.25, 0.3) is 0 Å². The summed E-state index contributed by atoms with van der Waals surface area (Å²) in [5, 5.41) is 13.0. The molecule has 124 valence electrons. The van der Waals surface area contributed by atoms with Gasteiger partial charge in [0.2, 0.25) is 5.91 Å². The van der Waals surface area contributed by atoms with Crippen molar-refractivity contribution < 1.29 is 18.7 Å². The van der Waals surface area contributed by atoms with Crippen molar-refractivity contribution >= 4 is 17.2 Å². The highest BCUT2D eigenvalue weighted by Gasteiger charge is 2.15. The maximum atomic E-state index is 12.8. The van der Waals surface area contributed by atoms with E-state index in [4.69, 9.17) is 4.42 Å². The third-order valence-corrected chi connectivity index (χ3v) is 4.64. The second-order valence-electron chi connectivity index (χ2n) is 5.30. The molecule has 2 aromatic heterocycles. The minimum atomic E-state index is -0.798. The van der Waals surface area contributed by atoms with Crippen LogP contribution >= 0.6 is 11.3 Å². The lowest BCUT2D eigenvalue weighted by Gasteiger charge is -2.05. The van der Waals surface area contributed by atoms with E-state index in [9.17, 15) is 14.3 Å². The highest BCUT2D eigenvalue weighted by atomic mass is 32.1. The molecule has 0 aliphatic rings. The molecule has 0 saturated heterocycles. The summed E-state index contributed by atoms with van der Waals surface area (Å²) in [6, 6.07) is 13.0. The second kappa shape index (κ2) is 7.42. The summed E-state index contributed by atoms with van der Waals surface area (Å²) in [5.41, 5.74) is 0.758. The van der Waals surface area contributed by atoms with Gasteiger partial charge in [0.1, 0.15) is 17.7 Å². The van der Waals surface area contributed by atoms with Crippen molar-refractivity contribution in [1.29, 1.82) is 0 Å². The average molecular weight is 345 g/mol. The lowest BCUT2D eigenvalue weighted by molar-refractivity contribution is -0.120. The standard InChI is InChI=1S/C18H16FNO3S/c19-13-5-3-12(4-6-13)10-17(21)20-11-14-7-8-16(24-14)18(22)15-2-1-9-23-15/h1-9,18,22H,10-11H2,(H,20,21). The van der Waals surface area contributed by atoms with Crippen molar-refractivity contribution in [3.05, 3.63) is 81.7 Å². The highest BCUT2D eigenvalue weighted by molar-refractivity contribution is 7.12. The number of aliphatic hydroxyl groups is 1. The molecule has 2 N–H and O–H groups in total. The molecule has 1 unspecified atom stereocenters. The Morgan fingerprint density at radius 1 is 1.21 bits per heavy atom. The SMILES string of the molecule is O=C(Cc1ccc(F)cc1)NCc1ccc(C(O)c2ccco2)s1. The monoisotopic (exact) mass is 345 g/mol. The zero-order valence-electron chi connectivity index (χ0n) is 12.7. The number of rotatable bonds is 6. The molecule has 2 heterocycles. The summed E-state index contributed by atoms with van der Waals surface area (Å²) in [4.78, 5) is 13.6. The van der Waals surface area contributed by atoms with Gasteiger partial charge in [-0.1, -0.05) is 12.1 Å². The fourth-order valence-corrected chi connectivity index (χ4v) is 3.21. The minimum absolute atomic E-state index is 0.136. The third kappa shape index (κ3) is 4.10. The third-order valence-electron chi connectivity index (χ3n) is 3.50. The predicted octanol–water partition coefficient (Wildman–Crippen LogP) is 3.42. The smallest absolute Gasteiger partial charge is 0.224 e. The van der Waals surface area contributed by atoms with E-state index >= 15 is 0 Å². The molecule has 0 fully saturated rings. The molecule has 1 amide bonds. The van der Waals surface area contributed by atoms with Gasteiger partial charge in [0.05, 0.1) is 19.2 Å². The largest absolute Gasteiger partial charge is 0.466 e. The summed E-state index contributed by atoms with van der Waals surface area (Å²) in [7, 11) is 0. The molecule has 1 atom stereocenters. The van der Waals surface area contributed by atoms with Gasteiger partial charge in [0.25, 0.3) is 0 Å². The molecule has 0 bridgehead atoms. The molecule has 24 heavy (non-hydrogen) atoms. The molecule has 0 spiro atoms.